The van der Waals surface area contributed by atoms with Crippen molar-refractivity contribution in [3.63, 3.8) is 0 Å². The number of oxazole rings is 1. The van der Waals surface area contributed by atoms with Gasteiger partial charge < -0.3 is 14.1 Å². The van der Waals surface area contributed by atoms with Crippen LogP contribution in [0.5, 0.6) is 0 Å². The third-order valence-electron chi connectivity index (χ3n) is 5.79. The largest absolute Gasteiger partial charge is 0.444 e. The number of aromatic nitrogens is 5. The van der Waals surface area contributed by atoms with E-state index in [1.165, 1.54) is 6.07 Å². The third kappa shape index (κ3) is 4.48. The van der Waals surface area contributed by atoms with Crippen LogP contribution in [0.3, 0.4) is 0 Å². The van der Waals surface area contributed by atoms with Crippen LogP contribution in [-0.4, -0.2) is 55.3 Å². The quantitative estimate of drug-likeness (QED) is 0.458. The van der Waals surface area contributed by atoms with E-state index < -0.39 is 11.4 Å². The van der Waals surface area contributed by atoms with Gasteiger partial charge in [-0.15, -0.1) is 10.2 Å². The molecule has 0 unspecified atom stereocenters. The highest BCUT2D eigenvalue weighted by Crippen LogP contribution is 2.33. The van der Waals surface area contributed by atoms with Crippen molar-refractivity contribution in [2.45, 2.75) is 45.1 Å². The lowest BCUT2D eigenvalue weighted by atomic mass is 9.97. The minimum absolute atomic E-state index is 0.126. The molecule has 4 aromatic rings. The number of fused-ring (bicyclic) bond motifs is 1. The molecule has 0 saturated carbocycles. The highest BCUT2D eigenvalue weighted by Gasteiger charge is 2.29. The first-order valence-electron chi connectivity index (χ1n) is 11.2. The first-order chi connectivity index (χ1) is 16.3. The SMILES string of the molecule is CC(C)(C)OC(=O)N1CCC(c2nc3cc(-c4ccc(-c5nn[nH]n5)c(F)c4)ccc3o2)CC1. The van der Waals surface area contributed by atoms with Crippen LogP contribution in [0, 0.1) is 5.82 Å². The van der Waals surface area contributed by atoms with E-state index in [9.17, 15) is 9.18 Å². The maximum absolute atomic E-state index is 14.6. The van der Waals surface area contributed by atoms with Crippen molar-refractivity contribution in [1.82, 2.24) is 30.5 Å². The maximum Gasteiger partial charge on any atom is 0.410 e. The summed E-state index contributed by atoms with van der Waals surface area (Å²) < 4.78 is 26.1. The van der Waals surface area contributed by atoms with Gasteiger partial charge in [0.15, 0.2) is 11.5 Å². The number of halogens is 1. The lowest BCUT2D eigenvalue weighted by Crippen LogP contribution is -2.41. The molecule has 0 bridgehead atoms. The molecule has 0 spiro atoms. The molecule has 5 rings (SSSR count). The van der Waals surface area contributed by atoms with Gasteiger partial charge in [-0.05, 0) is 74.2 Å². The van der Waals surface area contributed by atoms with Gasteiger partial charge in [-0.2, -0.15) is 5.21 Å². The highest BCUT2D eigenvalue weighted by molar-refractivity contribution is 5.81. The molecule has 2 aromatic carbocycles. The van der Waals surface area contributed by atoms with E-state index in [2.05, 4.69) is 20.6 Å². The number of H-pyrrole nitrogens is 1. The van der Waals surface area contributed by atoms with Crippen LogP contribution in [0.2, 0.25) is 0 Å². The molecule has 176 valence electrons. The van der Waals surface area contributed by atoms with Gasteiger partial charge in [0.25, 0.3) is 0 Å². The molecule has 1 fully saturated rings. The number of aromatic amines is 1. The molecule has 0 atom stereocenters. The molecule has 2 aromatic heterocycles. The smallest absolute Gasteiger partial charge is 0.410 e. The molecule has 0 aliphatic carbocycles. The Morgan fingerprint density at radius 3 is 2.56 bits per heavy atom. The highest BCUT2D eigenvalue weighted by atomic mass is 19.1. The number of rotatable bonds is 3. The number of piperidine rings is 1. The van der Waals surface area contributed by atoms with Crippen LogP contribution >= 0.6 is 0 Å². The van der Waals surface area contributed by atoms with Gasteiger partial charge in [0, 0.05) is 19.0 Å². The summed E-state index contributed by atoms with van der Waals surface area (Å²) in [6, 6.07) is 10.5. The number of hydrogen-bond acceptors (Lipinski definition) is 7. The number of carbonyl (C=O) groups excluding carboxylic acids is 1. The Morgan fingerprint density at radius 2 is 1.88 bits per heavy atom. The summed E-state index contributed by atoms with van der Waals surface area (Å²) in [5, 5.41) is 13.5. The zero-order chi connectivity index (χ0) is 23.9. The Balaban J connectivity index is 1.31. The number of carbonyl (C=O) groups is 1. The molecule has 3 heterocycles. The molecule has 0 radical (unpaired) electrons. The molecule has 1 aliphatic rings. The van der Waals surface area contributed by atoms with Gasteiger partial charge >= 0.3 is 6.09 Å². The second kappa shape index (κ2) is 8.51. The van der Waals surface area contributed by atoms with E-state index in [4.69, 9.17) is 14.1 Å². The van der Waals surface area contributed by atoms with Crippen LogP contribution in [0.4, 0.5) is 9.18 Å². The normalized spacial score (nSPS) is 15.1. The van der Waals surface area contributed by atoms with E-state index in [0.717, 1.165) is 18.4 Å². The van der Waals surface area contributed by atoms with Crippen LogP contribution in [0.25, 0.3) is 33.6 Å². The zero-order valence-corrected chi connectivity index (χ0v) is 19.2. The minimum atomic E-state index is -0.512. The number of nitrogens with zero attached hydrogens (tertiary/aromatic N) is 5. The van der Waals surface area contributed by atoms with Crippen LogP contribution in [0.1, 0.15) is 45.4 Å². The van der Waals surface area contributed by atoms with E-state index in [1.807, 2.05) is 45.0 Å². The molecule has 1 amide bonds. The summed E-state index contributed by atoms with van der Waals surface area (Å²) >= 11 is 0. The molecular formula is C24H25FN6O3. The Kier molecular flexibility index (Phi) is 5.51. The number of tetrazole rings is 1. The minimum Gasteiger partial charge on any atom is -0.444 e. The first-order valence-corrected chi connectivity index (χ1v) is 11.2. The molecule has 1 N–H and O–H groups in total. The van der Waals surface area contributed by atoms with E-state index in [1.54, 1.807) is 11.0 Å². The summed E-state index contributed by atoms with van der Waals surface area (Å²) in [5.41, 5.74) is 2.69. The third-order valence-corrected chi connectivity index (χ3v) is 5.79. The van der Waals surface area contributed by atoms with E-state index >= 15 is 0 Å². The lowest BCUT2D eigenvalue weighted by molar-refractivity contribution is 0.0199. The maximum atomic E-state index is 14.6. The van der Waals surface area contributed by atoms with Crippen molar-refractivity contribution < 1.29 is 18.3 Å². The number of likely N-dealkylation sites (tertiary alicyclic amines) is 1. The van der Waals surface area contributed by atoms with Crippen LogP contribution < -0.4 is 0 Å². The van der Waals surface area contributed by atoms with E-state index in [-0.39, 0.29) is 23.4 Å². The second-order valence-corrected chi connectivity index (χ2v) is 9.41. The zero-order valence-electron chi connectivity index (χ0n) is 19.2. The lowest BCUT2D eigenvalue weighted by Gasteiger charge is -2.32. The van der Waals surface area contributed by atoms with Gasteiger partial charge in [-0.3, -0.25) is 0 Å². The van der Waals surface area contributed by atoms with Gasteiger partial charge in [0.2, 0.25) is 5.82 Å². The van der Waals surface area contributed by atoms with Gasteiger partial charge in [-0.25, -0.2) is 14.2 Å². The number of nitrogens with one attached hydrogen (secondary N) is 1. The molecule has 34 heavy (non-hydrogen) atoms. The predicted molar refractivity (Wildman–Crippen MR) is 122 cm³/mol. The van der Waals surface area contributed by atoms with Crippen molar-refractivity contribution in [3.05, 3.63) is 48.1 Å². The summed E-state index contributed by atoms with van der Waals surface area (Å²) in [5.74, 6) is 0.561. The van der Waals surface area contributed by atoms with Gasteiger partial charge in [0.1, 0.15) is 16.9 Å². The van der Waals surface area contributed by atoms with Gasteiger partial charge in [0.05, 0.1) is 5.56 Å². The Hall–Kier alpha value is -3.82. The Bertz CT molecular complexity index is 1320. The molecule has 10 heteroatoms. The molecular weight excluding hydrogens is 439 g/mol. The van der Waals surface area contributed by atoms with Gasteiger partial charge in [-0.1, -0.05) is 12.1 Å². The van der Waals surface area contributed by atoms with Crippen molar-refractivity contribution in [1.29, 1.82) is 0 Å². The van der Waals surface area contributed by atoms with Crippen LogP contribution in [-0.2, 0) is 4.74 Å². The van der Waals surface area contributed by atoms with Crippen molar-refractivity contribution in [3.8, 4) is 22.5 Å². The van der Waals surface area contributed by atoms with Crippen molar-refractivity contribution in [2.24, 2.45) is 0 Å². The Labute approximate surface area is 195 Å². The number of amides is 1. The summed E-state index contributed by atoms with van der Waals surface area (Å²) in [4.78, 5) is 18.7. The Morgan fingerprint density at radius 1 is 1.15 bits per heavy atom. The fraction of sp³-hybridized carbons (Fsp3) is 0.375. The average Bonchev–Trinajstić information content (AvgIpc) is 3.47. The standard InChI is InChI=1S/C24H25FN6O3/c1-24(2,3)34-23(32)31-10-8-14(9-11-31)22-26-19-13-16(5-7-20(19)33-22)15-4-6-17(18(25)12-15)21-27-29-30-28-21/h4-7,12-14H,8-11H2,1-3H3,(H,27,28,29,30). The summed E-state index contributed by atoms with van der Waals surface area (Å²) in [6.45, 7) is 6.77. The monoisotopic (exact) mass is 464 g/mol. The van der Waals surface area contributed by atoms with Crippen molar-refractivity contribution >= 4 is 17.2 Å². The summed E-state index contributed by atoms with van der Waals surface area (Å²) in [7, 11) is 0. The molecule has 1 saturated heterocycles. The van der Waals surface area contributed by atoms with Crippen LogP contribution in [0.15, 0.2) is 40.8 Å². The topological polar surface area (TPSA) is 110 Å². The molecule has 9 nitrogen and oxygen atoms in total. The van der Waals surface area contributed by atoms with E-state index in [0.29, 0.717) is 35.6 Å². The number of hydrogen-bond donors (Lipinski definition) is 1. The first kappa shape index (κ1) is 22.0. The second-order valence-electron chi connectivity index (χ2n) is 9.41. The summed E-state index contributed by atoms with van der Waals surface area (Å²) in [6.07, 6.45) is 1.22. The fourth-order valence-electron chi connectivity index (χ4n) is 4.09. The fourth-order valence-corrected chi connectivity index (χ4v) is 4.09. The van der Waals surface area contributed by atoms with Crippen molar-refractivity contribution in [2.75, 3.05) is 13.1 Å². The average molecular weight is 465 g/mol. The number of ether oxygens (including phenoxy) is 1. The predicted octanol–water partition coefficient (Wildman–Crippen LogP) is 4.93. The number of benzene rings is 2. The molecule has 1 aliphatic heterocycles.